The van der Waals surface area contributed by atoms with Gasteiger partial charge in [-0.3, -0.25) is 4.57 Å². The van der Waals surface area contributed by atoms with Crippen molar-refractivity contribution in [2.24, 2.45) is 0 Å². The summed E-state index contributed by atoms with van der Waals surface area (Å²) in [5.41, 5.74) is 1.33. The topological polar surface area (TPSA) is 30.7 Å². The van der Waals surface area contributed by atoms with Crippen molar-refractivity contribution in [2.75, 3.05) is 0 Å². The molecule has 1 unspecified atom stereocenters. The largest absolute Gasteiger partial charge is 0.275 e. The van der Waals surface area contributed by atoms with Crippen LogP contribution in [-0.4, -0.2) is 14.5 Å². The van der Waals surface area contributed by atoms with Crippen LogP contribution >= 0.6 is 39.1 Å². The lowest BCUT2D eigenvalue weighted by atomic mass is 10.3. The summed E-state index contributed by atoms with van der Waals surface area (Å²) in [6, 6.07) is 6.31. The second-order valence-corrected chi connectivity index (χ2v) is 6.47. The zero-order valence-electron chi connectivity index (χ0n) is 10.8. The lowest BCUT2D eigenvalue weighted by Crippen LogP contribution is -2.05. The van der Waals surface area contributed by atoms with Crippen molar-refractivity contribution in [1.29, 1.82) is 0 Å². The van der Waals surface area contributed by atoms with Crippen molar-refractivity contribution < 1.29 is 4.39 Å². The molecule has 0 bridgehead atoms. The van der Waals surface area contributed by atoms with Crippen molar-refractivity contribution >= 4 is 50.3 Å². The highest BCUT2D eigenvalue weighted by molar-refractivity contribution is 9.10. The van der Waals surface area contributed by atoms with E-state index in [1.807, 2.05) is 0 Å². The molecule has 0 saturated heterocycles. The van der Waals surface area contributed by atoms with Crippen LogP contribution in [0.5, 0.6) is 0 Å². The number of alkyl halides is 1. The summed E-state index contributed by atoms with van der Waals surface area (Å²) in [5, 5.41) is -0.147. The summed E-state index contributed by atoms with van der Waals surface area (Å²) in [6.07, 6.45) is 1.62. The van der Waals surface area contributed by atoms with Gasteiger partial charge in [0.15, 0.2) is 5.65 Å². The number of benzene rings is 1. The second kappa shape index (κ2) is 5.55. The van der Waals surface area contributed by atoms with Crippen LogP contribution < -0.4 is 0 Å². The summed E-state index contributed by atoms with van der Waals surface area (Å²) in [7, 11) is 0. The van der Waals surface area contributed by atoms with Gasteiger partial charge in [0.2, 0.25) is 0 Å². The first-order valence-corrected chi connectivity index (χ1v) is 7.72. The molecular weight excluding hydrogens is 380 g/mol. The molecule has 21 heavy (non-hydrogen) atoms. The maximum absolute atomic E-state index is 14.3. The zero-order valence-corrected chi connectivity index (χ0v) is 13.9. The Labute approximate surface area is 138 Å². The van der Waals surface area contributed by atoms with Gasteiger partial charge in [-0.25, -0.2) is 14.4 Å². The highest BCUT2D eigenvalue weighted by atomic mass is 79.9. The van der Waals surface area contributed by atoms with Crippen molar-refractivity contribution in [2.45, 2.75) is 12.3 Å². The number of nitrogens with zero attached hydrogens (tertiary/aromatic N) is 3. The first-order valence-electron chi connectivity index (χ1n) is 6.11. The van der Waals surface area contributed by atoms with Crippen LogP contribution in [0.4, 0.5) is 4.39 Å². The van der Waals surface area contributed by atoms with E-state index in [0.29, 0.717) is 17.0 Å². The van der Waals surface area contributed by atoms with E-state index in [-0.39, 0.29) is 10.7 Å². The highest BCUT2D eigenvalue weighted by Gasteiger charge is 2.21. The molecule has 0 amide bonds. The first kappa shape index (κ1) is 14.8. The van der Waals surface area contributed by atoms with Crippen LogP contribution in [0.25, 0.3) is 16.9 Å². The fourth-order valence-corrected chi connectivity index (χ4v) is 2.86. The van der Waals surface area contributed by atoms with E-state index >= 15 is 0 Å². The van der Waals surface area contributed by atoms with E-state index in [1.165, 1.54) is 6.07 Å². The molecule has 0 spiro atoms. The molecule has 0 saturated carbocycles. The second-order valence-electron chi connectivity index (χ2n) is 4.49. The van der Waals surface area contributed by atoms with Gasteiger partial charge in [0.05, 0.1) is 10.4 Å². The Bertz CT molecular complexity index is 812. The fourth-order valence-electron chi connectivity index (χ4n) is 2.15. The summed E-state index contributed by atoms with van der Waals surface area (Å²) >= 11 is 15.7. The Kier molecular flexibility index (Phi) is 3.90. The predicted octanol–water partition coefficient (Wildman–Crippen LogP) is 5.28. The van der Waals surface area contributed by atoms with Crippen LogP contribution in [0.1, 0.15) is 18.1 Å². The van der Waals surface area contributed by atoms with Crippen molar-refractivity contribution in [3.63, 3.8) is 0 Å². The van der Waals surface area contributed by atoms with Crippen molar-refractivity contribution in [3.05, 3.63) is 51.6 Å². The Balaban J connectivity index is 2.42. The number of hydrogen-bond acceptors (Lipinski definition) is 2. The van der Waals surface area contributed by atoms with E-state index in [4.69, 9.17) is 23.2 Å². The third kappa shape index (κ3) is 2.54. The third-order valence-electron chi connectivity index (χ3n) is 3.01. The molecular formula is C14H9BrCl2FN3. The van der Waals surface area contributed by atoms with Gasteiger partial charge in [0.1, 0.15) is 22.8 Å². The van der Waals surface area contributed by atoms with Crippen LogP contribution in [0.2, 0.25) is 5.02 Å². The van der Waals surface area contributed by atoms with Gasteiger partial charge in [-0.1, -0.05) is 17.7 Å². The molecule has 2 aromatic heterocycles. The maximum Gasteiger partial charge on any atom is 0.164 e. The Morgan fingerprint density at radius 1 is 1.38 bits per heavy atom. The van der Waals surface area contributed by atoms with Crippen LogP contribution in [-0.2, 0) is 0 Å². The van der Waals surface area contributed by atoms with Crippen LogP contribution in [0, 0.1) is 5.82 Å². The Morgan fingerprint density at radius 3 is 2.81 bits per heavy atom. The molecule has 3 aromatic rings. The highest BCUT2D eigenvalue weighted by Crippen LogP contribution is 2.32. The molecule has 7 heteroatoms. The number of pyridine rings is 1. The van der Waals surface area contributed by atoms with Gasteiger partial charge >= 0.3 is 0 Å². The Hall–Kier alpha value is -1.17. The smallest absolute Gasteiger partial charge is 0.164 e. The summed E-state index contributed by atoms with van der Waals surface area (Å²) < 4.78 is 16.6. The fraction of sp³-hybridized carbons (Fsp3) is 0.143. The molecule has 108 valence electrons. The van der Waals surface area contributed by atoms with Gasteiger partial charge in [-0.05, 0) is 41.1 Å². The van der Waals surface area contributed by atoms with E-state index in [0.717, 1.165) is 4.47 Å². The van der Waals surface area contributed by atoms with Crippen molar-refractivity contribution in [1.82, 2.24) is 14.5 Å². The Morgan fingerprint density at radius 2 is 2.14 bits per heavy atom. The minimum atomic E-state index is -0.454. The normalized spacial score (nSPS) is 12.8. The minimum Gasteiger partial charge on any atom is -0.275 e. The lowest BCUT2D eigenvalue weighted by Gasteiger charge is -2.12. The lowest BCUT2D eigenvalue weighted by molar-refractivity contribution is 0.616. The molecule has 3 rings (SSSR count). The van der Waals surface area contributed by atoms with Gasteiger partial charge in [0, 0.05) is 10.7 Å². The molecule has 1 atom stereocenters. The van der Waals surface area contributed by atoms with Gasteiger partial charge in [-0.15, -0.1) is 11.6 Å². The monoisotopic (exact) mass is 387 g/mol. The molecule has 3 nitrogen and oxygen atoms in total. The minimum absolute atomic E-state index is 0.207. The summed E-state index contributed by atoms with van der Waals surface area (Å²) in [6.45, 7) is 1.77. The number of hydrogen-bond donors (Lipinski definition) is 0. The number of aromatic nitrogens is 3. The average molecular weight is 389 g/mol. The third-order valence-corrected chi connectivity index (χ3v) is 3.94. The van der Waals surface area contributed by atoms with E-state index < -0.39 is 11.2 Å². The predicted molar refractivity (Wildman–Crippen MR) is 85.8 cm³/mol. The molecule has 0 aliphatic carbocycles. The molecule has 0 aliphatic heterocycles. The number of para-hydroxylation sites is 1. The van der Waals surface area contributed by atoms with E-state index in [1.54, 1.807) is 35.9 Å². The number of rotatable bonds is 2. The molecule has 0 fully saturated rings. The molecule has 2 heterocycles. The maximum atomic E-state index is 14.3. The standard InChI is InChI=1S/C14H9BrCl2FN3/c1-7(16)13-20-11-5-8(15)6-19-14(11)21(13)12-9(17)3-2-4-10(12)18/h2-7H,1H3. The van der Waals surface area contributed by atoms with Gasteiger partial charge < -0.3 is 0 Å². The average Bonchev–Trinajstić information content (AvgIpc) is 2.77. The number of halogens is 4. The zero-order chi connectivity index (χ0) is 15.1. The quantitative estimate of drug-likeness (QED) is 0.559. The van der Waals surface area contributed by atoms with Crippen LogP contribution in [0.15, 0.2) is 34.9 Å². The molecule has 0 radical (unpaired) electrons. The van der Waals surface area contributed by atoms with Gasteiger partial charge in [0.25, 0.3) is 0 Å². The molecule has 1 aromatic carbocycles. The van der Waals surface area contributed by atoms with E-state index in [2.05, 4.69) is 25.9 Å². The summed E-state index contributed by atoms with van der Waals surface area (Å²) in [5.74, 6) is 0.0364. The van der Waals surface area contributed by atoms with Crippen LogP contribution in [0.3, 0.4) is 0 Å². The van der Waals surface area contributed by atoms with Gasteiger partial charge in [-0.2, -0.15) is 0 Å². The number of imidazole rings is 1. The summed E-state index contributed by atoms with van der Waals surface area (Å²) in [4.78, 5) is 8.76. The first-order chi connectivity index (χ1) is 9.99. The van der Waals surface area contributed by atoms with E-state index in [9.17, 15) is 4.39 Å². The molecule has 0 N–H and O–H groups in total. The SMILES string of the molecule is CC(Cl)c1nc2cc(Br)cnc2n1-c1c(F)cccc1Cl. The number of fused-ring (bicyclic) bond motifs is 1. The van der Waals surface area contributed by atoms with Crippen molar-refractivity contribution in [3.8, 4) is 5.69 Å². The molecule has 0 aliphatic rings.